The molecule has 1 atom stereocenters. The highest BCUT2D eigenvalue weighted by Gasteiger charge is 2.20. The number of aliphatic carboxylic acids is 1. The van der Waals surface area contributed by atoms with Crippen LogP contribution in [0.2, 0.25) is 0 Å². The SMILES string of the molecule is Cc1ccc(OCCC(C(=O)O)c2cccc(F)c2)cc1. The molecule has 0 saturated carbocycles. The minimum absolute atomic E-state index is 0.260. The zero-order valence-corrected chi connectivity index (χ0v) is 11.8. The fourth-order valence-corrected chi connectivity index (χ4v) is 2.09. The summed E-state index contributed by atoms with van der Waals surface area (Å²) in [5, 5.41) is 9.27. The molecule has 0 aromatic heterocycles. The lowest BCUT2D eigenvalue weighted by Gasteiger charge is -2.13. The Hall–Kier alpha value is -2.36. The second-order valence-corrected chi connectivity index (χ2v) is 4.90. The van der Waals surface area contributed by atoms with Crippen molar-refractivity contribution < 1.29 is 19.0 Å². The van der Waals surface area contributed by atoms with Crippen LogP contribution >= 0.6 is 0 Å². The van der Waals surface area contributed by atoms with Gasteiger partial charge in [0.05, 0.1) is 12.5 Å². The molecule has 0 heterocycles. The lowest BCUT2D eigenvalue weighted by molar-refractivity contribution is -0.139. The molecule has 0 saturated heterocycles. The molecule has 4 heteroatoms. The van der Waals surface area contributed by atoms with E-state index >= 15 is 0 Å². The Bertz CT molecular complexity index is 608. The van der Waals surface area contributed by atoms with Gasteiger partial charge >= 0.3 is 5.97 Å². The Morgan fingerprint density at radius 3 is 2.57 bits per heavy atom. The third-order valence-electron chi connectivity index (χ3n) is 3.25. The first kappa shape index (κ1) is 15.0. The van der Waals surface area contributed by atoms with Gasteiger partial charge in [0.1, 0.15) is 11.6 Å². The van der Waals surface area contributed by atoms with Gasteiger partial charge in [0.15, 0.2) is 0 Å². The van der Waals surface area contributed by atoms with Crippen LogP contribution < -0.4 is 4.74 Å². The van der Waals surface area contributed by atoms with E-state index in [1.807, 2.05) is 31.2 Å². The Morgan fingerprint density at radius 2 is 1.95 bits per heavy atom. The molecule has 0 fully saturated rings. The summed E-state index contributed by atoms with van der Waals surface area (Å²) in [6.45, 7) is 2.24. The standard InChI is InChI=1S/C17H17FO3/c1-12-5-7-15(8-6-12)21-10-9-16(17(19)20)13-3-2-4-14(18)11-13/h2-8,11,16H,9-10H2,1H3,(H,19,20). The van der Waals surface area contributed by atoms with E-state index < -0.39 is 17.7 Å². The van der Waals surface area contributed by atoms with Gasteiger partial charge in [0.2, 0.25) is 0 Å². The predicted octanol–water partition coefficient (Wildman–Crippen LogP) is 3.77. The molecule has 0 aliphatic rings. The molecule has 0 bridgehead atoms. The van der Waals surface area contributed by atoms with Crippen molar-refractivity contribution in [2.45, 2.75) is 19.3 Å². The average molecular weight is 288 g/mol. The number of benzene rings is 2. The second-order valence-electron chi connectivity index (χ2n) is 4.90. The van der Waals surface area contributed by atoms with Crippen molar-refractivity contribution in [1.29, 1.82) is 0 Å². The smallest absolute Gasteiger partial charge is 0.311 e. The molecule has 0 amide bonds. The maximum Gasteiger partial charge on any atom is 0.311 e. The fraction of sp³-hybridized carbons (Fsp3) is 0.235. The highest BCUT2D eigenvalue weighted by molar-refractivity contribution is 5.76. The summed E-state index contributed by atoms with van der Waals surface area (Å²) in [5.41, 5.74) is 1.58. The Balaban J connectivity index is 1.98. The monoisotopic (exact) mass is 288 g/mol. The average Bonchev–Trinajstić information content (AvgIpc) is 2.45. The van der Waals surface area contributed by atoms with E-state index in [2.05, 4.69) is 0 Å². The van der Waals surface area contributed by atoms with Crippen molar-refractivity contribution in [3.63, 3.8) is 0 Å². The zero-order chi connectivity index (χ0) is 15.2. The number of carboxylic acids is 1. The van der Waals surface area contributed by atoms with Crippen LogP contribution in [0.5, 0.6) is 5.75 Å². The summed E-state index contributed by atoms with van der Waals surface area (Å²) in [5.74, 6) is -1.48. The highest BCUT2D eigenvalue weighted by Crippen LogP contribution is 2.22. The summed E-state index contributed by atoms with van der Waals surface area (Å²) in [6.07, 6.45) is 0.284. The molecular formula is C17H17FO3. The molecule has 21 heavy (non-hydrogen) atoms. The lowest BCUT2D eigenvalue weighted by atomic mass is 9.96. The topological polar surface area (TPSA) is 46.5 Å². The molecule has 110 valence electrons. The predicted molar refractivity (Wildman–Crippen MR) is 78.1 cm³/mol. The highest BCUT2D eigenvalue weighted by atomic mass is 19.1. The van der Waals surface area contributed by atoms with Crippen LogP contribution in [-0.4, -0.2) is 17.7 Å². The summed E-state index contributed by atoms with van der Waals surface area (Å²) in [7, 11) is 0. The van der Waals surface area contributed by atoms with Crippen molar-refractivity contribution in [1.82, 2.24) is 0 Å². The number of aryl methyl sites for hydroxylation is 1. The Labute approximate surface area is 123 Å². The number of hydrogen-bond acceptors (Lipinski definition) is 2. The molecule has 1 N–H and O–H groups in total. The van der Waals surface area contributed by atoms with Crippen molar-refractivity contribution in [3.05, 3.63) is 65.5 Å². The van der Waals surface area contributed by atoms with Crippen LogP contribution in [0.1, 0.15) is 23.5 Å². The van der Waals surface area contributed by atoms with Crippen molar-refractivity contribution >= 4 is 5.97 Å². The van der Waals surface area contributed by atoms with Gasteiger partial charge in [-0.1, -0.05) is 29.8 Å². The van der Waals surface area contributed by atoms with Gasteiger partial charge in [-0.05, 0) is 43.2 Å². The van der Waals surface area contributed by atoms with Gasteiger partial charge in [-0.2, -0.15) is 0 Å². The molecule has 1 unspecified atom stereocenters. The number of carboxylic acid groups (broad SMARTS) is 1. The second kappa shape index (κ2) is 6.88. The molecule has 2 aromatic rings. The van der Waals surface area contributed by atoms with Gasteiger partial charge in [-0.3, -0.25) is 4.79 Å². The van der Waals surface area contributed by atoms with Crippen LogP contribution in [0.15, 0.2) is 48.5 Å². The van der Waals surface area contributed by atoms with E-state index in [-0.39, 0.29) is 13.0 Å². The third-order valence-corrected chi connectivity index (χ3v) is 3.25. The van der Waals surface area contributed by atoms with E-state index in [4.69, 9.17) is 4.74 Å². The number of halogens is 1. The molecule has 2 rings (SSSR count). The molecule has 2 aromatic carbocycles. The van der Waals surface area contributed by atoms with Crippen molar-refractivity contribution in [2.75, 3.05) is 6.61 Å². The lowest BCUT2D eigenvalue weighted by Crippen LogP contribution is -2.15. The van der Waals surface area contributed by atoms with Gasteiger partial charge in [-0.25, -0.2) is 4.39 Å². The fourth-order valence-electron chi connectivity index (χ4n) is 2.09. The van der Waals surface area contributed by atoms with E-state index in [0.29, 0.717) is 11.3 Å². The first-order valence-corrected chi connectivity index (χ1v) is 6.74. The quantitative estimate of drug-likeness (QED) is 0.880. The number of carbonyl (C=O) groups is 1. The molecule has 0 spiro atoms. The van der Waals surface area contributed by atoms with Gasteiger partial charge in [0, 0.05) is 0 Å². The van der Waals surface area contributed by atoms with E-state index in [1.54, 1.807) is 6.07 Å². The van der Waals surface area contributed by atoms with E-state index in [1.165, 1.54) is 18.2 Å². The van der Waals surface area contributed by atoms with E-state index in [0.717, 1.165) is 5.56 Å². The van der Waals surface area contributed by atoms with Crippen LogP contribution in [0.3, 0.4) is 0 Å². The number of ether oxygens (including phenoxy) is 1. The van der Waals surface area contributed by atoms with Crippen LogP contribution in [-0.2, 0) is 4.79 Å². The molecular weight excluding hydrogens is 271 g/mol. The number of rotatable bonds is 6. The zero-order valence-electron chi connectivity index (χ0n) is 11.8. The van der Waals surface area contributed by atoms with Crippen LogP contribution in [0.4, 0.5) is 4.39 Å². The molecule has 0 radical (unpaired) electrons. The molecule has 0 aliphatic carbocycles. The summed E-state index contributed by atoms with van der Waals surface area (Å²) >= 11 is 0. The number of hydrogen-bond donors (Lipinski definition) is 1. The summed E-state index contributed by atoms with van der Waals surface area (Å²) < 4.78 is 18.7. The van der Waals surface area contributed by atoms with Gasteiger partial charge < -0.3 is 9.84 Å². The van der Waals surface area contributed by atoms with Crippen LogP contribution in [0, 0.1) is 12.7 Å². The van der Waals surface area contributed by atoms with E-state index in [9.17, 15) is 14.3 Å². The summed E-state index contributed by atoms with van der Waals surface area (Å²) in [4.78, 5) is 11.3. The van der Waals surface area contributed by atoms with Gasteiger partial charge in [0.25, 0.3) is 0 Å². The maximum absolute atomic E-state index is 13.2. The molecule has 0 aliphatic heterocycles. The minimum atomic E-state index is -0.979. The minimum Gasteiger partial charge on any atom is -0.494 e. The van der Waals surface area contributed by atoms with Crippen molar-refractivity contribution in [3.8, 4) is 5.75 Å². The van der Waals surface area contributed by atoms with Crippen molar-refractivity contribution in [2.24, 2.45) is 0 Å². The van der Waals surface area contributed by atoms with Gasteiger partial charge in [-0.15, -0.1) is 0 Å². The first-order chi connectivity index (χ1) is 10.1. The first-order valence-electron chi connectivity index (χ1n) is 6.74. The molecule has 3 nitrogen and oxygen atoms in total. The normalized spacial score (nSPS) is 11.9. The maximum atomic E-state index is 13.2. The summed E-state index contributed by atoms with van der Waals surface area (Å²) in [6, 6.07) is 13.2. The third kappa shape index (κ3) is 4.31. The Kier molecular flexibility index (Phi) is 4.93. The Morgan fingerprint density at radius 1 is 1.24 bits per heavy atom. The van der Waals surface area contributed by atoms with Crippen LogP contribution in [0.25, 0.3) is 0 Å². The largest absolute Gasteiger partial charge is 0.494 e.